The number of hydrogen-bond acceptors (Lipinski definition) is 5. The van der Waals surface area contributed by atoms with Gasteiger partial charge in [-0.2, -0.15) is 0 Å². The zero-order chi connectivity index (χ0) is 63.5. The fourth-order valence-electron chi connectivity index (χ4n) is 12.5. The van der Waals surface area contributed by atoms with Crippen molar-refractivity contribution in [2.45, 2.75) is 450 Å². The van der Waals surface area contributed by atoms with E-state index in [1.54, 1.807) is 6.08 Å². The molecule has 0 aromatic carbocycles. The number of allylic oxidation sites excluding steroid dienone is 7. The summed E-state index contributed by atoms with van der Waals surface area (Å²) in [7, 11) is 0. The van der Waals surface area contributed by atoms with E-state index in [0.29, 0.717) is 19.4 Å². The van der Waals surface area contributed by atoms with Gasteiger partial charge < -0.3 is 20.3 Å². The van der Waals surface area contributed by atoms with Crippen LogP contribution in [-0.4, -0.2) is 47.4 Å². The van der Waals surface area contributed by atoms with E-state index in [1.165, 1.54) is 366 Å². The smallest absolute Gasteiger partial charge is 0.305 e. The van der Waals surface area contributed by atoms with Crippen LogP contribution in [-0.2, 0) is 14.3 Å². The summed E-state index contributed by atoms with van der Waals surface area (Å²) in [5.41, 5.74) is 0. The molecule has 2 atom stereocenters. The molecule has 0 aliphatic heterocycles. The first-order chi connectivity index (χ1) is 43.5. The second-order valence-electron chi connectivity index (χ2n) is 27.4. The highest BCUT2D eigenvalue weighted by molar-refractivity contribution is 5.76. The van der Waals surface area contributed by atoms with Crippen molar-refractivity contribution in [3.05, 3.63) is 48.6 Å². The van der Waals surface area contributed by atoms with E-state index in [1.807, 2.05) is 6.08 Å². The van der Waals surface area contributed by atoms with Crippen LogP contribution >= 0.6 is 0 Å². The van der Waals surface area contributed by atoms with Crippen LogP contribution in [0.4, 0.5) is 0 Å². The Hall–Kier alpha value is -2.18. The molecule has 0 spiro atoms. The number of carbonyl (C=O) groups is 2. The Morgan fingerprint density at radius 3 is 0.875 bits per heavy atom. The quantitative estimate of drug-likeness (QED) is 0.0320. The SMILES string of the molecule is CCCCCCCC/C=C\CCCCCCCCCCCC(=O)OCCCCCCCCCCCCCCCCC/C=C\C/C=C\CCCCCCCCCCCCCCCCCCCC(=O)NC(CO)C(O)/C=C/CCCCCCCCCCCCC. The molecule has 518 valence electrons. The number of unbranched alkanes of at least 4 members (excludes halogenated alkanes) is 58. The van der Waals surface area contributed by atoms with E-state index in [9.17, 15) is 19.8 Å². The highest BCUT2D eigenvalue weighted by atomic mass is 16.5. The minimum Gasteiger partial charge on any atom is -0.466 e. The van der Waals surface area contributed by atoms with Gasteiger partial charge in [-0.15, -0.1) is 0 Å². The molecule has 0 aromatic rings. The van der Waals surface area contributed by atoms with Crippen molar-refractivity contribution in [1.82, 2.24) is 5.32 Å². The van der Waals surface area contributed by atoms with E-state index in [2.05, 4.69) is 55.6 Å². The Kier molecular flexibility index (Phi) is 75.4. The number of carbonyl (C=O) groups excluding carboxylic acids is 2. The van der Waals surface area contributed by atoms with Crippen LogP contribution in [0.15, 0.2) is 48.6 Å². The van der Waals surface area contributed by atoms with Gasteiger partial charge in [-0.05, 0) is 89.9 Å². The standard InChI is InChI=1S/C82H155NO5/c1-3-5-7-9-11-13-15-17-18-19-41-45-48-52-56-60-64-68-72-76-82(87)88-77-73-69-65-61-57-53-49-46-43-40-38-36-34-32-30-28-26-24-22-20-21-23-25-27-29-31-33-35-37-39-42-44-47-51-55-59-63-67-71-75-81(86)83-79(78-84)80(85)74-70-66-62-58-54-50-16-14-12-10-8-6-4-2/h17-18,20-21,24,26,70,74,79-80,84-85H,3-16,19,22-23,25,27-69,71-73,75-78H2,1-2H3,(H,83,86)/b18-17-,21-20-,26-24-,74-70+. The maximum atomic E-state index is 12.5. The Labute approximate surface area is 550 Å². The van der Waals surface area contributed by atoms with Gasteiger partial charge in [-0.3, -0.25) is 9.59 Å². The molecule has 0 aliphatic rings. The van der Waals surface area contributed by atoms with Crippen molar-refractivity contribution in [1.29, 1.82) is 0 Å². The summed E-state index contributed by atoms with van der Waals surface area (Å²) in [5.74, 6) is -0.0432. The third-order valence-electron chi connectivity index (χ3n) is 18.6. The number of nitrogens with one attached hydrogen (secondary N) is 1. The van der Waals surface area contributed by atoms with Crippen LogP contribution < -0.4 is 5.32 Å². The number of ether oxygens (including phenoxy) is 1. The van der Waals surface area contributed by atoms with Crippen LogP contribution in [0, 0.1) is 0 Å². The number of aliphatic hydroxyl groups excluding tert-OH is 2. The van der Waals surface area contributed by atoms with E-state index in [0.717, 1.165) is 44.9 Å². The predicted octanol–water partition coefficient (Wildman–Crippen LogP) is 26.4. The Balaban J connectivity index is 3.34. The fourth-order valence-corrected chi connectivity index (χ4v) is 12.5. The first-order valence-electron chi connectivity index (χ1n) is 39.9. The van der Waals surface area contributed by atoms with Gasteiger partial charge in [0.1, 0.15) is 0 Å². The van der Waals surface area contributed by atoms with Gasteiger partial charge in [0.2, 0.25) is 5.91 Å². The zero-order valence-electron chi connectivity index (χ0n) is 59.5. The van der Waals surface area contributed by atoms with E-state index < -0.39 is 12.1 Å². The van der Waals surface area contributed by atoms with Gasteiger partial charge in [0.15, 0.2) is 0 Å². The zero-order valence-corrected chi connectivity index (χ0v) is 59.5. The van der Waals surface area contributed by atoms with Gasteiger partial charge in [0.25, 0.3) is 0 Å². The molecule has 6 heteroatoms. The Morgan fingerprint density at radius 2 is 0.568 bits per heavy atom. The third kappa shape index (κ3) is 72.9. The number of esters is 1. The largest absolute Gasteiger partial charge is 0.466 e. The molecule has 88 heavy (non-hydrogen) atoms. The van der Waals surface area contributed by atoms with Crippen molar-refractivity contribution >= 4 is 11.9 Å². The van der Waals surface area contributed by atoms with Crippen LogP contribution in [0.2, 0.25) is 0 Å². The molecule has 0 fully saturated rings. The number of hydrogen-bond donors (Lipinski definition) is 3. The molecular weight excluding hydrogens is 1080 g/mol. The maximum Gasteiger partial charge on any atom is 0.305 e. The average molecular weight is 1240 g/mol. The minimum atomic E-state index is -0.842. The number of amides is 1. The lowest BCUT2D eigenvalue weighted by Crippen LogP contribution is -2.45. The van der Waals surface area contributed by atoms with Gasteiger partial charge in [0, 0.05) is 12.8 Å². The van der Waals surface area contributed by atoms with Crippen molar-refractivity contribution in [3.63, 3.8) is 0 Å². The summed E-state index contributed by atoms with van der Waals surface area (Å²) in [5, 5.41) is 23.1. The van der Waals surface area contributed by atoms with Crippen molar-refractivity contribution in [2.24, 2.45) is 0 Å². The second kappa shape index (κ2) is 77.3. The molecule has 0 aromatic heterocycles. The van der Waals surface area contributed by atoms with Crippen molar-refractivity contribution < 1.29 is 24.5 Å². The Bertz CT molecular complexity index is 1470. The fraction of sp³-hybridized carbons (Fsp3) is 0.878. The molecule has 0 radical (unpaired) electrons. The van der Waals surface area contributed by atoms with Crippen LogP contribution in [0.5, 0.6) is 0 Å². The van der Waals surface area contributed by atoms with Gasteiger partial charge in [0.05, 0.1) is 25.4 Å². The molecule has 3 N–H and O–H groups in total. The summed E-state index contributed by atoms with van der Waals surface area (Å²) >= 11 is 0. The minimum absolute atomic E-state index is 0.0202. The van der Waals surface area contributed by atoms with Crippen LogP contribution in [0.25, 0.3) is 0 Å². The maximum absolute atomic E-state index is 12.5. The number of rotatable bonds is 75. The molecule has 2 unspecified atom stereocenters. The molecule has 0 saturated carbocycles. The topological polar surface area (TPSA) is 95.9 Å². The molecule has 6 nitrogen and oxygen atoms in total. The molecule has 0 aliphatic carbocycles. The lowest BCUT2D eigenvalue weighted by atomic mass is 10.0. The third-order valence-corrected chi connectivity index (χ3v) is 18.6. The lowest BCUT2D eigenvalue weighted by Gasteiger charge is -2.20. The molecule has 0 heterocycles. The highest BCUT2D eigenvalue weighted by Gasteiger charge is 2.18. The van der Waals surface area contributed by atoms with E-state index in [4.69, 9.17) is 4.74 Å². The van der Waals surface area contributed by atoms with Crippen molar-refractivity contribution in [3.8, 4) is 0 Å². The normalized spacial score (nSPS) is 12.7. The summed E-state index contributed by atoms with van der Waals surface area (Å²) in [4.78, 5) is 24.6. The average Bonchev–Trinajstić information content (AvgIpc) is 3.54. The first kappa shape index (κ1) is 85.8. The predicted molar refractivity (Wildman–Crippen MR) is 389 cm³/mol. The molecule has 0 saturated heterocycles. The van der Waals surface area contributed by atoms with Gasteiger partial charge in [-0.25, -0.2) is 0 Å². The van der Waals surface area contributed by atoms with Gasteiger partial charge in [-0.1, -0.05) is 383 Å². The second-order valence-corrected chi connectivity index (χ2v) is 27.4. The van der Waals surface area contributed by atoms with Crippen molar-refractivity contribution in [2.75, 3.05) is 13.2 Å². The highest BCUT2D eigenvalue weighted by Crippen LogP contribution is 2.19. The summed E-state index contributed by atoms with van der Waals surface area (Å²) < 4.78 is 5.52. The summed E-state index contributed by atoms with van der Waals surface area (Å²) in [6.07, 6.45) is 102. The summed E-state index contributed by atoms with van der Waals surface area (Å²) in [6, 6.07) is -0.625. The van der Waals surface area contributed by atoms with Crippen LogP contribution in [0.1, 0.15) is 438 Å². The van der Waals surface area contributed by atoms with E-state index in [-0.39, 0.29) is 18.5 Å². The number of aliphatic hydroxyl groups is 2. The molecule has 0 bridgehead atoms. The summed E-state index contributed by atoms with van der Waals surface area (Å²) in [6.45, 7) is 4.93. The molecule has 1 amide bonds. The first-order valence-corrected chi connectivity index (χ1v) is 39.9. The van der Waals surface area contributed by atoms with E-state index >= 15 is 0 Å². The lowest BCUT2D eigenvalue weighted by molar-refractivity contribution is -0.143. The molecule has 0 rings (SSSR count). The van der Waals surface area contributed by atoms with Crippen LogP contribution in [0.3, 0.4) is 0 Å². The molecular formula is C82H155NO5. The Morgan fingerprint density at radius 1 is 0.318 bits per heavy atom. The monoisotopic (exact) mass is 1230 g/mol. The van der Waals surface area contributed by atoms with Gasteiger partial charge >= 0.3 is 5.97 Å².